The highest BCUT2D eigenvalue weighted by atomic mass is 32.1. The fourth-order valence-electron chi connectivity index (χ4n) is 1.89. The molecule has 0 saturated carbocycles. The molecule has 2 rings (SSSR count). The molecular formula is C12H16N2OS. The Morgan fingerprint density at radius 1 is 1.50 bits per heavy atom. The molecule has 0 aromatic heterocycles. The predicted octanol–water partition coefficient (Wildman–Crippen LogP) is 1.94. The van der Waals surface area contributed by atoms with Crippen molar-refractivity contribution in [2.75, 3.05) is 29.6 Å². The number of anilines is 2. The lowest BCUT2D eigenvalue weighted by atomic mass is 10.1. The lowest BCUT2D eigenvalue weighted by Crippen LogP contribution is -2.20. The van der Waals surface area contributed by atoms with Crippen LogP contribution in [0.5, 0.6) is 0 Å². The first kappa shape index (κ1) is 11.3. The van der Waals surface area contributed by atoms with Crippen molar-refractivity contribution in [3.05, 3.63) is 23.8 Å². The second-order valence-corrected chi connectivity index (χ2v) is 4.42. The number of carbonyl (C=O) groups excluding carboxylic acids is 1. The Morgan fingerprint density at radius 3 is 3.06 bits per heavy atom. The van der Waals surface area contributed by atoms with Gasteiger partial charge in [-0.3, -0.25) is 4.79 Å². The van der Waals surface area contributed by atoms with Crippen LogP contribution in [0, 0.1) is 0 Å². The molecule has 1 amide bonds. The number of amides is 1. The van der Waals surface area contributed by atoms with Crippen molar-refractivity contribution in [1.29, 1.82) is 0 Å². The van der Waals surface area contributed by atoms with Crippen LogP contribution in [-0.2, 0) is 11.2 Å². The molecule has 1 aromatic carbocycles. The van der Waals surface area contributed by atoms with Crippen LogP contribution < -0.4 is 10.2 Å². The summed E-state index contributed by atoms with van der Waals surface area (Å²) in [5.41, 5.74) is 3.23. The van der Waals surface area contributed by atoms with Crippen LogP contribution in [0.3, 0.4) is 0 Å². The summed E-state index contributed by atoms with van der Waals surface area (Å²) in [7, 11) is 1.82. The summed E-state index contributed by atoms with van der Waals surface area (Å²) in [4.78, 5) is 13.2. The van der Waals surface area contributed by atoms with Gasteiger partial charge in [0.15, 0.2) is 0 Å². The van der Waals surface area contributed by atoms with Crippen LogP contribution >= 0.6 is 12.6 Å². The van der Waals surface area contributed by atoms with Crippen LogP contribution in [0.4, 0.5) is 11.4 Å². The van der Waals surface area contributed by atoms with Gasteiger partial charge >= 0.3 is 0 Å². The fraction of sp³-hybridized carbons (Fsp3) is 0.417. The Kier molecular flexibility index (Phi) is 3.39. The van der Waals surface area contributed by atoms with Gasteiger partial charge in [-0.05, 0) is 35.9 Å². The second-order valence-electron chi connectivity index (χ2n) is 3.98. The molecule has 1 N–H and O–H groups in total. The van der Waals surface area contributed by atoms with Crippen LogP contribution in [0.1, 0.15) is 12.0 Å². The standard InChI is InChI=1S/C12H16N2OS/c1-14-11-4-3-10(13-5-2-6-16)7-9(11)8-12(14)15/h3-4,7,13,16H,2,5-6,8H2,1H3. The van der Waals surface area contributed by atoms with Gasteiger partial charge in [-0.25, -0.2) is 0 Å². The third kappa shape index (κ3) is 2.16. The fourth-order valence-corrected chi connectivity index (χ4v) is 2.05. The molecule has 1 aromatic rings. The molecule has 0 unspecified atom stereocenters. The third-order valence-electron chi connectivity index (χ3n) is 2.82. The van der Waals surface area contributed by atoms with Crippen molar-refractivity contribution < 1.29 is 4.79 Å². The minimum absolute atomic E-state index is 0.169. The molecule has 1 aliphatic heterocycles. The van der Waals surface area contributed by atoms with Gasteiger partial charge in [0.05, 0.1) is 6.42 Å². The number of benzene rings is 1. The van der Waals surface area contributed by atoms with E-state index in [4.69, 9.17) is 0 Å². The molecule has 1 heterocycles. The molecular weight excluding hydrogens is 220 g/mol. The zero-order valence-corrected chi connectivity index (χ0v) is 10.3. The van der Waals surface area contributed by atoms with Gasteiger partial charge in [-0.2, -0.15) is 12.6 Å². The maximum atomic E-state index is 11.5. The molecule has 0 radical (unpaired) electrons. The summed E-state index contributed by atoms with van der Waals surface area (Å²) in [5.74, 6) is 1.06. The number of nitrogens with zero attached hydrogens (tertiary/aromatic N) is 1. The van der Waals surface area contributed by atoms with E-state index < -0.39 is 0 Å². The minimum Gasteiger partial charge on any atom is -0.385 e. The van der Waals surface area contributed by atoms with E-state index in [2.05, 4.69) is 24.0 Å². The molecule has 86 valence electrons. The number of carbonyl (C=O) groups is 1. The van der Waals surface area contributed by atoms with E-state index in [1.165, 1.54) is 0 Å². The van der Waals surface area contributed by atoms with Crippen molar-refractivity contribution in [1.82, 2.24) is 0 Å². The van der Waals surface area contributed by atoms with E-state index in [0.717, 1.165) is 35.7 Å². The Balaban J connectivity index is 2.09. The van der Waals surface area contributed by atoms with Gasteiger partial charge in [0.2, 0.25) is 5.91 Å². The monoisotopic (exact) mass is 236 g/mol. The van der Waals surface area contributed by atoms with E-state index in [9.17, 15) is 4.79 Å². The number of rotatable bonds is 4. The first-order valence-corrected chi connectivity index (χ1v) is 6.10. The summed E-state index contributed by atoms with van der Waals surface area (Å²) in [6, 6.07) is 6.09. The number of fused-ring (bicyclic) bond motifs is 1. The number of thiol groups is 1. The van der Waals surface area contributed by atoms with Crippen LogP contribution in [0.2, 0.25) is 0 Å². The molecule has 3 nitrogen and oxygen atoms in total. The van der Waals surface area contributed by atoms with Crippen molar-refractivity contribution >= 4 is 29.9 Å². The number of nitrogens with one attached hydrogen (secondary N) is 1. The summed E-state index contributed by atoms with van der Waals surface area (Å²) in [5, 5.41) is 3.33. The van der Waals surface area contributed by atoms with Gasteiger partial charge in [-0.15, -0.1) is 0 Å². The number of hydrogen-bond acceptors (Lipinski definition) is 3. The van der Waals surface area contributed by atoms with E-state index in [1.54, 1.807) is 4.90 Å². The van der Waals surface area contributed by atoms with E-state index in [0.29, 0.717) is 6.42 Å². The Labute approximate surface area is 101 Å². The van der Waals surface area contributed by atoms with Crippen LogP contribution in [0.25, 0.3) is 0 Å². The molecule has 16 heavy (non-hydrogen) atoms. The second kappa shape index (κ2) is 4.78. The molecule has 0 fully saturated rings. The smallest absolute Gasteiger partial charge is 0.231 e. The maximum Gasteiger partial charge on any atom is 0.231 e. The highest BCUT2D eigenvalue weighted by Crippen LogP contribution is 2.29. The first-order chi connectivity index (χ1) is 7.72. The summed E-state index contributed by atoms with van der Waals surface area (Å²) < 4.78 is 0. The normalized spacial score (nSPS) is 14.1. The third-order valence-corrected chi connectivity index (χ3v) is 3.14. The molecule has 0 atom stereocenters. The van der Waals surface area contributed by atoms with Crippen molar-refractivity contribution in [3.8, 4) is 0 Å². The van der Waals surface area contributed by atoms with Crippen molar-refractivity contribution in [2.45, 2.75) is 12.8 Å². The average molecular weight is 236 g/mol. The highest BCUT2D eigenvalue weighted by Gasteiger charge is 2.23. The van der Waals surface area contributed by atoms with Gasteiger partial charge in [-0.1, -0.05) is 0 Å². The topological polar surface area (TPSA) is 32.3 Å². The minimum atomic E-state index is 0.169. The summed E-state index contributed by atoms with van der Waals surface area (Å²) in [6.45, 7) is 0.923. The van der Waals surface area contributed by atoms with E-state index >= 15 is 0 Å². The first-order valence-electron chi connectivity index (χ1n) is 5.46. The van der Waals surface area contributed by atoms with Crippen LogP contribution in [-0.4, -0.2) is 25.3 Å². The lowest BCUT2D eigenvalue weighted by molar-refractivity contribution is -0.117. The zero-order chi connectivity index (χ0) is 11.5. The Morgan fingerprint density at radius 2 is 2.31 bits per heavy atom. The molecule has 4 heteroatoms. The van der Waals surface area contributed by atoms with Crippen LogP contribution in [0.15, 0.2) is 18.2 Å². The lowest BCUT2D eigenvalue weighted by Gasteiger charge is -2.11. The summed E-state index contributed by atoms with van der Waals surface area (Å²) >= 11 is 4.16. The van der Waals surface area contributed by atoms with E-state index in [1.807, 2.05) is 19.2 Å². The quantitative estimate of drug-likeness (QED) is 0.618. The molecule has 0 aliphatic carbocycles. The van der Waals surface area contributed by atoms with Crippen molar-refractivity contribution in [2.24, 2.45) is 0 Å². The van der Waals surface area contributed by atoms with E-state index in [-0.39, 0.29) is 5.91 Å². The maximum absolute atomic E-state index is 11.5. The zero-order valence-electron chi connectivity index (χ0n) is 9.36. The largest absolute Gasteiger partial charge is 0.385 e. The van der Waals surface area contributed by atoms with Gasteiger partial charge in [0, 0.05) is 25.0 Å². The predicted molar refractivity (Wildman–Crippen MR) is 70.5 cm³/mol. The number of likely N-dealkylation sites (N-methyl/N-ethyl adjacent to an activating group) is 1. The summed E-state index contributed by atoms with van der Waals surface area (Å²) in [6.07, 6.45) is 1.56. The van der Waals surface area contributed by atoms with Gasteiger partial charge < -0.3 is 10.2 Å². The SMILES string of the molecule is CN1C(=O)Cc2cc(NCCCS)ccc21. The number of hydrogen-bond donors (Lipinski definition) is 2. The molecule has 0 saturated heterocycles. The molecule has 0 spiro atoms. The Bertz CT molecular complexity index is 406. The average Bonchev–Trinajstić information content (AvgIpc) is 2.55. The van der Waals surface area contributed by atoms with Gasteiger partial charge in [0.25, 0.3) is 0 Å². The van der Waals surface area contributed by atoms with Gasteiger partial charge in [0.1, 0.15) is 0 Å². The Hall–Kier alpha value is -1.16. The highest BCUT2D eigenvalue weighted by molar-refractivity contribution is 7.80. The molecule has 0 bridgehead atoms. The van der Waals surface area contributed by atoms with Crippen molar-refractivity contribution in [3.63, 3.8) is 0 Å². The molecule has 1 aliphatic rings.